The molecule has 1 aromatic heterocycles. The molecule has 2 N–H and O–H groups in total. The molecule has 1 heterocycles. The van der Waals surface area contributed by atoms with Crippen molar-refractivity contribution in [3.8, 4) is 5.75 Å². The summed E-state index contributed by atoms with van der Waals surface area (Å²) in [6.07, 6.45) is 2.11. The van der Waals surface area contributed by atoms with E-state index in [2.05, 4.69) is 20.6 Å². The Hall–Kier alpha value is -3.41. The van der Waals surface area contributed by atoms with Crippen LogP contribution in [-0.2, 0) is 6.42 Å². The topological polar surface area (TPSA) is 76.1 Å². The predicted octanol–water partition coefficient (Wildman–Crippen LogP) is 4.80. The number of nitrogens with one attached hydrogen (secondary N) is 2. The Morgan fingerprint density at radius 2 is 1.79 bits per heavy atom. The van der Waals surface area contributed by atoms with Crippen LogP contribution in [0.4, 0.5) is 23.1 Å². The van der Waals surface area contributed by atoms with Crippen LogP contribution < -0.4 is 15.4 Å². The Bertz CT molecular complexity index is 1020. The van der Waals surface area contributed by atoms with Gasteiger partial charge in [-0.25, -0.2) is 4.98 Å². The van der Waals surface area contributed by atoms with Crippen LogP contribution >= 0.6 is 0 Å². The van der Waals surface area contributed by atoms with E-state index in [-0.39, 0.29) is 5.78 Å². The van der Waals surface area contributed by atoms with Crippen molar-refractivity contribution in [3.05, 3.63) is 65.4 Å². The fourth-order valence-electron chi connectivity index (χ4n) is 3.33. The Morgan fingerprint density at radius 1 is 0.964 bits per heavy atom. The third-order valence-corrected chi connectivity index (χ3v) is 4.71. The first-order valence-electron chi connectivity index (χ1n) is 9.31. The molecule has 0 unspecified atom stereocenters. The number of aromatic nitrogens is 2. The number of ether oxygens (including phenoxy) is 1. The summed E-state index contributed by atoms with van der Waals surface area (Å²) in [6.45, 7) is 2.04. The van der Waals surface area contributed by atoms with Crippen LogP contribution in [0.3, 0.4) is 0 Å². The van der Waals surface area contributed by atoms with Crippen LogP contribution in [-0.4, -0.2) is 22.9 Å². The quantitative estimate of drug-likeness (QED) is 0.668. The maximum absolute atomic E-state index is 12.6. The number of carbonyl (C=O) groups is 1. The number of rotatable bonds is 5. The minimum absolute atomic E-state index is 0.0827. The van der Waals surface area contributed by atoms with Crippen LogP contribution in [0, 0.1) is 6.92 Å². The Labute approximate surface area is 164 Å². The second-order valence-electron chi connectivity index (χ2n) is 6.84. The summed E-state index contributed by atoms with van der Waals surface area (Å²) in [7, 11) is 1.63. The van der Waals surface area contributed by atoms with E-state index < -0.39 is 0 Å². The average Bonchev–Trinajstić information content (AvgIpc) is 2.68. The molecule has 2 aromatic carbocycles. The van der Waals surface area contributed by atoms with Crippen molar-refractivity contribution >= 4 is 28.9 Å². The van der Waals surface area contributed by atoms with Gasteiger partial charge in [0.2, 0.25) is 5.95 Å². The Morgan fingerprint density at radius 3 is 2.54 bits per heavy atom. The highest BCUT2D eigenvalue weighted by atomic mass is 16.5. The van der Waals surface area contributed by atoms with E-state index in [4.69, 9.17) is 4.74 Å². The maximum atomic E-state index is 12.6. The van der Waals surface area contributed by atoms with Gasteiger partial charge in [-0.15, -0.1) is 0 Å². The van der Waals surface area contributed by atoms with E-state index in [0.717, 1.165) is 41.2 Å². The van der Waals surface area contributed by atoms with Crippen molar-refractivity contribution in [2.24, 2.45) is 0 Å². The zero-order chi connectivity index (χ0) is 19.5. The molecule has 6 heteroatoms. The second kappa shape index (κ2) is 7.68. The van der Waals surface area contributed by atoms with Gasteiger partial charge >= 0.3 is 0 Å². The van der Waals surface area contributed by atoms with E-state index in [9.17, 15) is 4.79 Å². The van der Waals surface area contributed by atoms with Gasteiger partial charge in [-0.1, -0.05) is 12.1 Å². The largest absolute Gasteiger partial charge is 0.497 e. The molecule has 0 radical (unpaired) electrons. The number of aryl methyl sites for hydroxylation is 2. The third kappa shape index (κ3) is 3.81. The van der Waals surface area contributed by atoms with Crippen molar-refractivity contribution in [2.45, 2.75) is 26.2 Å². The van der Waals surface area contributed by atoms with E-state index in [1.807, 2.05) is 55.5 Å². The Kier molecular flexibility index (Phi) is 4.93. The molecule has 0 amide bonds. The zero-order valence-electron chi connectivity index (χ0n) is 16.0. The van der Waals surface area contributed by atoms with Crippen LogP contribution in [0.5, 0.6) is 5.75 Å². The van der Waals surface area contributed by atoms with Gasteiger partial charge in [0.05, 0.1) is 18.4 Å². The molecule has 0 bridgehead atoms. The number of benzene rings is 2. The molecule has 0 fully saturated rings. The van der Waals surface area contributed by atoms with Crippen molar-refractivity contribution in [1.82, 2.24) is 9.97 Å². The summed E-state index contributed by atoms with van der Waals surface area (Å²) in [4.78, 5) is 21.8. The normalized spacial score (nSPS) is 13.0. The van der Waals surface area contributed by atoms with Gasteiger partial charge in [-0.2, -0.15) is 4.98 Å². The summed E-state index contributed by atoms with van der Waals surface area (Å²) in [6, 6.07) is 15.5. The molecule has 1 aliphatic carbocycles. The van der Waals surface area contributed by atoms with E-state index in [1.54, 1.807) is 7.11 Å². The van der Waals surface area contributed by atoms with Gasteiger partial charge in [0.1, 0.15) is 11.6 Å². The molecular formula is C22H22N4O2. The van der Waals surface area contributed by atoms with Crippen LogP contribution in [0.25, 0.3) is 0 Å². The van der Waals surface area contributed by atoms with Crippen LogP contribution in [0.1, 0.15) is 34.5 Å². The number of ketones is 1. The highest BCUT2D eigenvalue weighted by molar-refractivity contribution is 6.03. The maximum Gasteiger partial charge on any atom is 0.229 e. The molecule has 0 saturated heterocycles. The van der Waals surface area contributed by atoms with Crippen LogP contribution in [0.2, 0.25) is 0 Å². The van der Waals surface area contributed by atoms with E-state index in [0.29, 0.717) is 23.8 Å². The van der Waals surface area contributed by atoms with Gasteiger partial charge in [-0.05, 0) is 61.7 Å². The minimum atomic E-state index is 0.0827. The van der Waals surface area contributed by atoms with Crippen molar-refractivity contribution in [1.29, 1.82) is 0 Å². The van der Waals surface area contributed by atoms with E-state index in [1.165, 1.54) is 0 Å². The lowest BCUT2D eigenvalue weighted by Crippen LogP contribution is -2.17. The molecule has 0 saturated carbocycles. The molecule has 0 atom stereocenters. The number of nitrogens with zero attached hydrogens (tertiary/aromatic N) is 2. The molecule has 0 aliphatic heterocycles. The summed E-state index contributed by atoms with van der Waals surface area (Å²) in [5.74, 6) is 1.87. The predicted molar refractivity (Wildman–Crippen MR) is 110 cm³/mol. The molecule has 3 aromatic rings. The second-order valence-corrected chi connectivity index (χ2v) is 6.84. The minimum Gasteiger partial charge on any atom is -0.497 e. The first-order chi connectivity index (χ1) is 13.6. The summed E-state index contributed by atoms with van der Waals surface area (Å²) in [5.41, 5.74) is 4.28. The van der Waals surface area contributed by atoms with Crippen molar-refractivity contribution in [3.63, 3.8) is 0 Å². The molecule has 28 heavy (non-hydrogen) atoms. The average molecular weight is 374 g/mol. The summed E-state index contributed by atoms with van der Waals surface area (Å²) < 4.78 is 5.20. The SMILES string of the molecule is COc1ccc(Nc2nc(Nc3cccc(C)c3)nc3c2C(=O)CCC3)cc1. The monoisotopic (exact) mass is 374 g/mol. The van der Waals surface area contributed by atoms with Gasteiger partial charge in [0.15, 0.2) is 5.78 Å². The fraction of sp³-hybridized carbons (Fsp3) is 0.227. The third-order valence-electron chi connectivity index (χ3n) is 4.71. The molecule has 1 aliphatic rings. The molecule has 6 nitrogen and oxygen atoms in total. The lowest BCUT2D eigenvalue weighted by Gasteiger charge is -2.19. The number of Topliss-reactive ketones (excluding diaryl/α,β-unsaturated/α-hetero) is 1. The van der Waals surface area contributed by atoms with Gasteiger partial charge in [0.25, 0.3) is 0 Å². The summed E-state index contributed by atoms with van der Waals surface area (Å²) in [5, 5.41) is 6.54. The smallest absolute Gasteiger partial charge is 0.229 e. The van der Waals surface area contributed by atoms with Gasteiger partial charge in [-0.3, -0.25) is 4.79 Å². The number of carbonyl (C=O) groups excluding carboxylic acids is 1. The number of anilines is 4. The van der Waals surface area contributed by atoms with Crippen molar-refractivity contribution in [2.75, 3.05) is 17.7 Å². The zero-order valence-corrected chi connectivity index (χ0v) is 16.0. The molecule has 4 rings (SSSR count). The number of fused-ring (bicyclic) bond motifs is 1. The molecule has 142 valence electrons. The van der Waals surface area contributed by atoms with Gasteiger partial charge < -0.3 is 15.4 Å². The number of methoxy groups -OCH3 is 1. The number of hydrogen-bond acceptors (Lipinski definition) is 6. The van der Waals surface area contributed by atoms with Crippen molar-refractivity contribution < 1.29 is 9.53 Å². The first-order valence-corrected chi connectivity index (χ1v) is 9.31. The van der Waals surface area contributed by atoms with Crippen LogP contribution in [0.15, 0.2) is 48.5 Å². The lowest BCUT2D eigenvalue weighted by molar-refractivity contribution is 0.0972. The first kappa shape index (κ1) is 18.0. The molecule has 0 spiro atoms. The lowest BCUT2D eigenvalue weighted by atomic mass is 9.95. The highest BCUT2D eigenvalue weighted by Gasteiger charge is 2.24. The van der Waals surface area contributed by atoms with E-state index >= 15 is 0 Å². The highest BCUT2D eigenvalue weighted by Crippen LogP contribution is 2.30. The molecular weight excluding hydrogens is 352 g/mol. The fourth-order valence-corrected chi connectivity index (χ4v) is 3.33. The van der Waals surface area contributed by atoms with Gasteiger partial charge in [0, 0.05) is 17.8 Å². The summed E-state index contributed by atoms with van der Waals surface area (Å²) >= 11 is 0. The number of hydrogen-bond donors (Lipinski definition) is 2. The standard InChI is InChI=1S/C22H22N4O2/c1-14-5-3-6-16(13-14)24-22-25-18-7-4-8-19(27)20(18)21(26-22)23-15-9-11-17(28-2)12-10-15/h3,5-6,9-13H,4,7-8H2,1-2H3,(H2,23,24,25,26). The Balaban J connectivity index is 1.71.